The third-order valence-electron chi connectivity index (χ3n) is 2.80. The molecule has 0 aliphatic carbocycles. The third-order valence-corrected chi connectivity index (χ3v) is 3.21. The Morgan fingerprint density at radius 3 is 2.57 bits per heavy atom. The molecule has 0 atom stereocenters. The average Bonchev–Trinajstić information content (AvgIpc) is 2.39. The molecule has 0 bridgehead atoms. The summed E-state index contributed by atoms with van der Waals surface area (Å²) in [5.74, 6) is -0.255. The van der Waals surface area contributed by atoms with Crippen molar-refractivity contribution in [3.05, 3.63) is 58.6 Å². The molecule has 0 spiro atoms. The largest absolute Gasteiger partial charge is 0.573 e. The fourth-order valence-electron chi connectivity index (χ4n) is 1.75. The van der Waals surface area contributed by atoms with E-state index in [0.29, 0.717) is 17.3 Å². The molecule has 0 amide bonds. The molecule has 2 aromatic rings. The second-order valence-corrected chi connectivity index (χ2v) is 4.92. The molecule has 0 radical (unpaired) electrons. The molecule has 21 heavy (non-hydrogen) atoms. The van der Waals surface area contributed by atoms with E-state index in [1.54, 1.807) is 6.07 Å². The van der Waals surface area contributed by atoms with Crippen molar-refractivity contribution in [1.29, 1.82) is 0 Å². The van der Waals surface area contributed by atoms with Crippen LogP contribution in [-0.2, 0) is 6.54 Å². The fraction of sp³-hybridized carbons (Fsp3) is 0.200. The Hall–Kier alpha value is -1.88. The van der Waals surface area contributed by atoms with Crippen LogP contribution in [0.2, 0.25) is 5.02 Å². The summed E-state index contributed by atoms with van der Waals surface area (Å²) in [6, 6.07) is 11.3. The number of alkyl halides is 3. The van der Waals surface area contributed by atoms with E-state index in [0.717, 1.165) is 11.1 Å². The minimum atomic E-state index is -4.69. The maximum atomic E-state index is 12.1. The Morgan fingerprint density at radius 2 is 1.90 bits per heavy atom. The van der Waals surface area contributed by atoms with Crippen molar-refractivity contribution in [3.63, 3.8) is 0 Å². The molecule has 0 saturated carbocycles. The monoisotopic (exact) mass is 315 g/mol. The lowest BCUT2D eigenvalue weighted by molar-refractivity contribution is -0.274. The SMILES string of the molecule is Cc1ccc(CNc2cccc(OC(F)(F)F)c2)cc1Cl. The maximum absolute atomic E-state index is 12.1. The molecule has 0 saturated heterocycles. The van der Waals surface area contributed by atoms with Crippen molar-refractivity contribution < 1.29 is 17.9 Å². The first kappa shape index (κ1) is 15.5. The number of halogens is 4. The molecule has 0 unspecified atom stereocenters. The van der Waals surface area contributed by atoms with Gasteiger partial charge in [0.25, 0.3) is 0 Å². The van der Waals surface area contributed by atoms with E-state index >= 15 is 0 Å². The van der Waals surface area contributed by atoms with Gasteiger partial charge in [-0.2, -0.15) is 0 Å². The predicted octanol–water partition coefficient (Wildman–Crippen LogP) is 5.16. The Labute approximate surface area is 125 Å². The Balaban J connectivity index is 2.03. The topological polar surface area (TPSA) is 21.3 Å². The lowest BCUT2D eigenvalue weighted by Crippen LogP contribution is -2.17. The summed E-state index contributed by atoms with van der Waals surface area (Å²) >= 11 is 6.02. The summed E-state index contributed by atoms with van der Waals surface area (Å²) in [6.45, 7) is 2.35. The lowest BCUT2D eigenvalue weighted by Gasteiger charge is -2.11. The fourth-order valence-corrected chi connectivity index (χ4v) is 1.96. The van der Waals surface area contributed by atoms with Crippen LogP contribution < -0.4 is 10.1 Å². The second-order valence-electron chi connectivity index (χ2n) is 4.51. The maximum Gasteiger partial charge on any atom is 0.573 e. The summed E-state index contributed by atoms with van der Waals surface area (Å²) in [7, 11) is 0. The van der Waals surface area contributed by atoms with Crippen molar-refractivity contribution in [1.82, 2.24) is 0 Å². The number of anilines is 1. The molecular formula is C15H13ClF3NO. The highest BCUT2D eigenvalue weighted by Gasteiger charge is 2.31. The molecule has 0 heterocycles. The van der Waals surface area contributed by atoms with Crippen LogP contribution >= 0.6 is 11.6 Å². The number of benzene rings is 2. The van der Waals surface area contributed by atoms with Crippen LogP contribution in [0.3, 0.4) is 0 Å². The van der Waals surface area contributed by atoms with Gasteiger partial charge in [-0.1, -0.05) is 29.8 Å². The minimum absolute atomic E-state index is 0.255. The van der Waals surface area contributed by atoms with Crippen LogP contribution in [0.25, 0.3) is 0 Å². The normalized spacial score (nSPS) is 11.3. The van der Waals surface area contributed by atoms with Crippen molar-refractivity contribution in [2.24, 2.45) is 0 Å². The number of nitrogens with one attached hydrogen (secondary N) is 1. The van der Waals surface area contributed by atoms with Crippen LogP contribution in [0.15, 0.2) is 42.5 Å². The van der Waals surface area contributed by atoms with Crippen molar-refractivity contribution in [3.8, 4) is 5.75 Å². The highest BCUT2D eigenvalue weighted by molar-refractivity contribution is 6.31. The summed E-state index contributed by atoms with van der Waals surface area (Å²) in [4.78, 5) is 0. The van der Waals surface area contributed by atoms with Crippen LogP contribution in [0.5, 0.6) is 5.75 Å². The molecule has 0 aliphatic rings. The van der Waals surface area contributed by atoms with Gasteiger partial charge in [-0.25, -0.2) is 0 Å². The van der Waals surface area contributed by atoms with Crippen LogP contribution in [0, 0.1) is 6.92 Å². The summed E-state index contributed by atoms with van der Waals surface area (Å²) in [6.07, 6.45) is -4.69. The number of ether oxygens (including phenoxy) is 1. The van der Waals surface area contributed by atoms with E-state index in [-0.39, 0.29) is 5.75 Å². The van der Waals surface area contributed by atoms with Crippen LogP contribution in [0.1, 0.15) is 11.1 Å². The highest BCUT2D eigenvalue weighted by Crippen LogP contribution is 2.25. The Bertz CT molecular complexity index is 629. The number of hydrogen-bond acceptors (Lipinski definition) is 2. The van der Waals surface area contributed by atoms with Gasteiger partial charge in [0.1, 0.15) is 5.75 Å². The molecule has 0 aromatic heterocycles. The predicted molar refractivity (Wildman–Crippen MR) is 76.6 cm³/mol. The van der Waals surface area contributed by atoms with Crippen LogP contribution in [0.4, 0.5) is 18.9 Å². The first-order chi connectivity index (χ1) is 9.83. The number of hydrogen-bond donors (Lipinski definition) is 1. The zero-order valence-electron chi connectivity index (χ0n) is 11.2. The van der Waals surface area contributed by atoms with E-state index < -0.39 is 6.36 Å². The van der Waals surface area contributed by atoms with Crippen LogP contribution in [-0.4, -0.2) is 6.36 Å². The van der Waals surface area contributed by atoms with Gasteiger partial charge in [-0.3, -0.25) is 0 Å². The molecule has 2 nitrogen and oxygen atoms in total. The quantitative estimate of drug-likeness (QED) is 0.841. The number of aryl methyl sites for hydroxylation is 1. The van der Waals surface area contributed by atoms with Gasteiger partial charge in [0, 0.05) is 23.3 Å². The molecular weight excluding hydrogens is 303 g/mol. The molecule has 112 valence electrons. The molecule has 6 heteroatoms. The molecule has 2 rings (SSSR count). The van der Waals surface area contributed by atoms with E-state index in [1.807, 2.05) is 25.1 Å². The zero-order chi connectivity index (χ0) is 15.5. The van der Waals surface area contributed by atoms with E-state index in [1.165, 1.54) is 18.2 Å². The summed E-state index contributed by atoms with van der Waals surface area (Å²) < 4.78 is 40.3. The average molecular weight is 316 g/mol. The van der Waals surface area contributed by atoms with Gasteiger partial charge in [-0.15, -0.1) is 13.2 Å². The highest BCUT2D eigenvalue weighted by atomic mass is 35.5. The van der Waals surface area contributed by atoms with E-state index in [9.17, 15) is 13.2 Å². The molecule has 1 N–H and O–H groups in total. The lowest BCUT2D eigenvalue weighted by atomic mass is 10.1. The Kier molecular flexibility index (Phi) is 4.63. The van der Waals surface area contributed by atoms with Crippen molar-refractivity contribution in [2.75, 3.05) is 5.32 Å². The van der Waals surface area contributed by atoms with E-state index in [4.69, 9.17) is 11.6 Å². The first-order valence-corrected chi connectivity index (χ1v) is 6.56. The standard InChI is InChI=1S/C15H13ClF3NO/c1-10-5-6-11(7-14(10)16)9-20-12-3-2-4-13(8-12)21-15(17,18)19/h2-8,20H,9H2,1H3. The summed E-state index contributed by atoms with van der Waals surface area (Å²) in [5.41, 5.74) is 2.45. The van der Waals surface area contributed by atoms with Gasteiger partial charge in [-0.05, 0) is 36.2 Å². The number of rotatable bonds is 4. The molecule has 2 aromatic carbocycles. The molecule has 0 aliphatic heterocycles. The minimum Gasteiger partial charge on any atom is -0.406 e. The first-order valence-electron chi connectivity index (χ1n) is 6.18. The van der Waals surface area contributed by atoms with Gasteiger partial charge in [0.05, 0.1) is 0 Å². The van der Waals surface area contributed by atoms with Gasteiger partial charge < -0.3 is 10.1 Å². The zero-order valence-corrected chi connectivity index (χ0v) is 11.9. The van der Waals surface area contributed by atoms with Crippen molar-refractivity contribution >= 4 is 17.3 Å². The van der Waals surface area contributed by atoms with Gasteiger partial charge >= 0.3 is 6.36 Å². The van der Waals surface area contributed by atoms with E-state index in [2.05, 4.69) is 10.1 Å². The second kappa shape index (κ2) is 6.26. The third kappa shape index (κ3) is 4.86. The summed E-state index contributed by atoms with van der Waals surface area (Å²) in [5, 5.41) is 3.68. The van der Waals surface area contributed by atoms with Crippen molar-refractivity contribution in [2.45, 2.75) is 19.8 Å². The smallest absolute Gasteiger partial charge is 0.406 e. The van der Waals surface area contributed by atoms with Gasteiger partial charge in [0.2, 0.25) is 0 Å². The molecule has 0 fully saturated rings. The Morgan fingerprint density at radius 1 is 1.14 bits per heavy atom. The van der Waals surface area contributed by atoms with Gasteiger partial charge in [0.15, 0.2) is 0 Å².